The summed E-state index contributed by atoms with van der Waals surface area (Å²) in [7, 11) is 0. The van der Waals surface area contributed by atoms with Gasteiger partial charge in [0.2, 0.25) is 0 Å². The first kappa shape index (κ1) is 12.2. The molecule has 0 amide bonds. The van der Waals surface area contributed by atoms with Crippen LogP contribution in [0.2, 0.25) is 0 Å². The van der Waals surface area contributed by atoms with Gasteiger partial charge in [-0.1, -0.05) is 6.92 Å². The molecule has 0 aliphatic carbocycles. The van der Waals surface area contributed by atoms with Crippen molar-refractivity contribution in [1.82, 2.24) is 20.1 Å². The maximum Gasteiger partial charge on any atom is 0.137 e. The smallest absolute Gasteiger partial charge is 0.137 e. The molecule has 2 heterocycles. The van der Waals surface area contributed by atoms with Gasteiger partial charge in [0.25, 0.3) is 0 Å². The SMILES string of the molecule is CCc1nncn1-c1ccc(N2CCNCC2)cc1. The molecule has 1 N–H and O–H groups in total. The molecular weight excluding hydrogens is 238 g/mol. The van der Waals surface area contributed by atoms with E-state index in [1.165, 1.54) is 5.69 Å². The second-order valence-electron chi connectivity index (χ2n) is 4.72. The van der Waals surface area contributed by atoms with Crippen LogP contribution < -0.4 is 10.2 Å². The molecule has 1 aliphatic rings. The largest absolute Gasteiger partial charge is 0.369 e. The number of benzene rings is 1. The van der Waals surface area contributed by atoms with Crippen LogP contribution in [0.3, 0.4) is 0 Å². The van der Waals surface area contributed by atoms with Crippen LogP contribution in [0.25, 0.3) is 5.69 Å². The molecule has 5 heteroatoms. The summed E-state index contributed by atoms with van der Waals surface area (Å²) in [6, 6.07) is 8.64. The van der Waals surface area contributed by atoms with Gasteiger partial charge in [-0.3, -0.25) is 4.57 Å². The average Bonchev–Trinajstić information content (AvgIpc) is 2.97. The lowest BCUT2D eigenvalue weighted by Crippen LogP contribution is -2.43. The maximum absolute atomic E-state index is 4.12. The Labute approximate surface area is 113 Å². The lowest BCUT2D eigenvalue weighted by molar-refractivity contribution is 0.589. The Morgan fingerprint density at radius 3 is 2.47 bits per heavy atom. The van der Waals surface area contributed by atoms with Crippen LogP contribution in [-0.4, -0.2) is 40.9 Å². The minimum absolute atomic E-state index is 0.888. The van der Waals surface area contributed by atoms with Crippen molar-refractivity contribution in [3.63, 3.8) is 0 Å². The van der Waals surface area contributed by atoms with Crippen LogP contribution in [0.5, 0.6) is 0 Å². The standard InChI is InChI=1S/C14H19N5/c1-2-14-17-16-11-19(14)13-5-3-12(4-6-13)18-9-7-15-8-10-18/h3-6,11,15H,2,7-10H2,1H3. The number of anilines is 1. The number of aryl methyl sites for hydroxylation is 1. The van der Waals surface area contributed by atoms with Gasteiger partial charge in [0.1, 0.15) is 12.2 Å². The van der Waals surface area contributed by atoms with Crippen LogP contribution in [0.4, 0.5) is 5.69 Å². The molecule has 0 bridgehead atoms. The second-order valence-corrected chi connectivity index (χ2v) is 4.72. The summed E-state index contributed by atoms with van der Waals surface area (Å²) >= 11 is 0. The zero-order valence-corrected chi connectivity index (χ0v) is 11.2. The van der Waals surface area contributed by atoms with Gasteiger partial charge >= 0.3 is 0 Å². The predicted molar refractivity (Wildman–Crippen MR) is 75.8 cm³/mol. The van der Waals surface area contributed by atoms with Crippen LogP contribution >= 0.6 is 0 Å². The van der Waals surface area contributed by atoms with Gasteiger partial charge < -0.3 is 10.2 Å². The van der Waals surface area contributed by atoms with Crippen LogP contribution in [0, 0.1) is 0 Å². The minimum atomic E-state index is 0.888. The van der Waals surface area contributed by atoms with Crippen molar-refractivity contribution in [3.8, 4) is 5.69 Å². The molecule has 0 unspecified atom stereocenters. The third-order valence-electron chi connectivity index (χ3n) is 3.54. The zero-order valence-electron chi connectivity index (χ0n) is 11.2. The lowest BCUT2D eigenvalue weighted by Gasteiger charge is -2.29. The third kappa shape index (κ3) is 2.46. The van der Waals surface area contributed by atoms with E-state index in [1.54, 1.807) is 6.33 Å². The first-order valence-corrected chi connectivity index (χ1v) is 6.83. The van der Waals surface area contributed by atoms with Gasteiger partial charge in [0.05, 0.1) is 0 Å². The summed E-state index contributed by atoms with van der Waals surface area (Å²) in [5.41, 5.74) is 2.41. The Kier molecular flexibility index (Phi) is 3.46. The molecule has 0 radical (unpaired) electrons. The minimum Gasteiger partial charge on any atom is -0.369 e. The monoisotopic (exact) mass is 257 g/mol. The van der Waals surface area contributed by atoms with E-state index < -0.39 is 0 Å². The Morgan fingerprint density at radius 1 is 1.11 bits per heavy atom. The van der Waals surface area contributed by atoms with Gasteiger partial charge in [-0.05, 0) is 24.3 Å². The van der Waals surface area contributed by atoms with Crippen molar-refractivity contribution >= 4 is 5.69 Å². The zero-order chi connectivity index (χ0) is 13.1. The Balaban J connectivity index is 1.82. The van der Waals surface area contributed by atoms with E-state index in [9.17, 15) is 0 Å². The fourth-order valence-electron chi connectivity index (χ4n) is 2.46. The molecule has 1 fully saturated rings. The van der Waals surface area contributed by atoms with Gasteiger partial charge in [-0.15, -0.1) is 10.2 Å². The molecule has 0 spiro atoms. The Hall–Kier alpha value is -1.88. The summed E-state index contributed by atoms with van der Waals surface area (Å²) in [6.07, 6.45) is 2.66. The fraction of sp³-hybridized carbons (Fsp3) is 0.429. The van der Waals surface area contributed by atoms with E-state index in [-0.39, 0.29) is 0 Å². The van der Waals surface area contributed by atoms with Gasteiger partial charge in [0, 0.05) is 44.0 Å². The first-order chi connectivity index (χ1) is 9.38. The molecule has 100 valence electrons. The number of aromatic nitrogens is 3. The second kappa shape index (κ2) is 5.40. The summed E-state index contributed by atoms with van der Waals surface area (Å²) in [4.78, 5) is 2.41. The summed E-state index contributed by atoms with van der Waals surface area (Å²) in [5.74, 6) is 0.995. The Morgan fingerprint density at radius 2 is 1.79 bits per heavy atom. The van der Waals surface area contributed by atoms with Crippen molar-refractivity contribution in [3.05, 3.63) is 36.4 Å². The number of rotatable bonds is 3. The quantitative estimate of drug-likeness (QED) is 0.898. The number of nitrogens with zero attached hydrogens (tertiary/aromatic N) is 4. The lowest BCUT2D eigenvalue weighted by atomic mass is 10.2. The molecule has 1 saturated heterocycles. The highest BCUT2D eigenvalue weighted by Gasteiger charge is 2.10. The molecule has 3 rings (SSSR count). The number of piperazine rings is 1. The molecule has 5 nitrogen and oxygen atoms in total. The van der Waals surface area contributed by atoms with E-state index in [0.29, 0.717) is 0 Å². The molecule has 19 heavy (non-hydrogen) atoms. The maximum atomic E-state index is 4.12. The number of hydrogen-bond acceptors (Lipinski definition) is 4. The van der Waals surface area contributed by atoms with E-state index in [0.717, 1.165) is 44.1 Å². The molecule has 0 atom stereocenters. The highest BCUT2D eigenvalue weighted by molar-refractivity contribution is 5.51. The molecular formula is C14H19N5. The highest BCUT2D eigenvalue weighted by atomic mass is 15.3. The third-order valence-corrected chi connectivity index (χ3v) is 3.54. The van der Waals surface area contributed by atoms with Gasteiger partial charge in [0.15, 0.2) is 0 Å². The molecule has 1 aromatic heterocycles. The number of nitrogens with one attached hydrogen (secondary N) is 1. The normalized spacial score (nSPS) is 15.7. The summed E-state index contributed by atoms with van der Waals surface area (Å²) < 4.78 is 2.04. The van der Waals surface area contributed by atoms with Crippen molar-refractivity contribution in [1.29, 1.82) is 0 Å². The van der Waals surface area contributed by atoms with Crippen molar-refractivity contribution < 1.29 is 0 Å². The average molecular weight is 257 g/mol. The topological polar surface area (TPSA) is 46.0 Å². The van der Waals surface area contributed by atoms with Crippen molar-refractivity contribution in [2.24, 2.45) is 0 Å². The van der Waals surface area contributed by atoms with Crippen LogP contribution in [-0.2, 0) is 6.42 Å². The molecule has 2 aromatic rings. The van der Waals surface area contributed by atoms with Crippen LogP contribution in [0.1, 0.15) is 12.7 Å². The molecule has 1 aromatic carbocycles. The molecule has 1 aliphatic heterocycles. The van der Waals surface area contributed by atoms with E-state index in [1.807, 2.05) is 4.57 Å². The molecule has 0 saturated carbocycles. The predicted octanol–water partition coefficient (Wildman–Crippen LogP) is 1.24. The van der Waals surface area contributed by atoms with E-state index in [4.69, 9.17) is 0 Å². The van der Waals surface area contributed by atoms with Gasteiger partial charge in [-0.25, -0.2) is 0 Å². The Bertz CT molecular complexity index is 525. The van der Waals surface area contributed by atoms with Gasteiger partial charge in [-0.2, -0.15) is 0 Å². The van der Waals surface area contributed by atoms with Crippen molar-refractivity contribution in [2.45, 2.75) is 13.3 Å². The first-order valence-electron chi connectivity index (χ1n) is 6.83. The van der Waals surface area contributed by atoms with E-state index in [2.05, 4.69) is 51.6 Å². The highest BCUT2D eigenvalue weighted by Crippen LogP contribution is 2.18. The fourth-order valence-corrected chi connectivity index (χ4v) is 2.46. The summed E-state index contributed by atoms with van der Waals surface area (Å²) in [6.45, 7) is 6.37. The van der Waals surface area contributed by atoms with Crippen molar-refractivity contribution in [2.75, 3.05) is 31.1 Å². The van der Waals surface area contributed by atoms with E-state index >= 15 is 0 Å². The number of hydrogen-bond donors (Lipinski definition) is 1. The van der Waals surface area contributed by atoms with Crippen LogP contribution in [0.15, 0.2) is 30.6 Å². The summed E-state index contributed by atoms with van der Waals surface area (Å²) in [5, 5.41) is 11.5.